The molecule has 0 bridgehead atoms. The Hall–Kier alpha value is -2.51. The Labute approximate surface area is 168 Å². The van der Waals surface area contributed by atoms with E-state index in [1.54, 1.807) is 4.90 Å². The second kappa shape index (κ2) is 7.39. The first-order valence-electron chi connectivity index (χ1n) is 10.2. The lowest BCUT2D eigenvalue weighted by Gasteiger charge is -2.41. The maximum absolute atomic E-state index is 14.2. The van der Waals surface area contributed by atoms with Crippen molar-refractivity contribution in [3.63, 3.8) is 0 Å². The third kappa shape index (κ3) is 3.49. The molecule has 1 N–H and O–H groups in total. The number of halogens is 2. The number of fused-ring (bicyclic) bond motifs is 1. The summed E-state index contributed by atoms with van der Waals surface area (Å²) >= 11 is 0. The van der Waals surface area contributed by atoms with Crippen LogP contribution in [0.5, 0.6) is 0 Å². The van der Waals surface area contributed by atoms with Crippen LogP contribution in [-0.2, 0) is 15.1 Å². The van der Waals surface area contributed by atoms with Crippen molar-refractivity contribution in [2.24, 2.45) is 11.8 Å². The SMILES string of the molecule is C[C@]1(c2cc(F)ccc2F)NC(=O)N(CC(=O)N2CC[C@@H]3CCCC[C@@H]3C2)C1=O. The molecule has 1 aromatic carbocycles. The number of carbonyl (C=O) groups is 3. The molecule has 2 aliphatic heterocycles. The number of nitrogens with zero attached hydrogens (tertiary/aromatic N) is 2. The van der Waals surface area contributed by atoms with E-state index in [1.165, 1.54) is 26.2 Å². The summed E-state index contributed by atoms with van der Waals surface area (Å²) in [7, 11) is 0. The van der Waals surface area contributed by atoms with Crippen LogP contribution in [0.15, 0.2) is 18.2 Å². The van der Waals surface area contributed by atoms with Gasteiger partial charge >= 0.3 is 6.03 Å². The minimum absolute atomic E-state index is 0.256. The summed E-state index contributed by atoms with van der Waals surface area (Å²) in [5.41, 5.74) is -2.01. The molecular formula is C21H25F2N3O3. The molecule has 29 heavy (non-hydrogen) atoms. The molecule has 0 radical (unpaired) electrons. The lowest BCUT2D eigenvalue weighted by atomic mass is 9.75. The van der Waals surface area contributed by atoms with Gasteiger partial charge in [-0.15, -0.1) is 0 Å². The molecule has 4 rings (SSSR count). The van der Waals surface area contributed by atoms with Crippen LogP contribution >= 0.6 is 0 Å². The number of piperidine rings is 1. The normalized spacial score (nSPS) is 29.6. The molecule has 3 aliphatic rings. The molecule has 3 fully saturated rings. The molecule has 3 atom stereocenters. The van der Waals surface area contributed by atoms with E-state index in [4.69, 9.17) is 0 Å². The molecule has 4 amide bonds. The van der Waals surface area contributed by atoms with Gasteiger partial charge in [-0.05, 0) is 49.8 Å². The number of hydrogen-bond donors (Lipinski definition) is 1. The fourth-order valence-electron chi connectivity index (χ4n) is 4.97. The lowest BCUT2D eigenvalue weighted by Crippen LogP contribution is -2.49. The summed E-state index contributed by atoms with van der Waals surface area (Å²) in [6.07, 6.45) is 5.68. The van der Waals surface area contributed by atoms with Gasteiger partial charge < -0.3 is 10.2 Å². The van der Waals surface area contributed by atoms with Gasteiger partial charge in [-0.25, -0.2) is 13.6 Å². The fraction of sp³-hybridized carbons (Fsp3) is 0.571. The highest BCUT2D eigenvalue weighted by atomic mass is 19.1. The molecule has 1 aromatic rings. The van der Waals surface area contributed by atoms with Crippen molar-refractivity contribution in [1.29, 1.82) is 0 Å². The smallest absolute Gasteiger partial charge is 0.325 e. The van der Waals surface area contributed by atoms with Crippen molar-refractivity contribution >= 4 is 17.8 Å². The van der Waals surface area contributed by atoms with Crippen LogP contribution in [0.1, 0.15) is 44.6 Å². The number of benzene rings is 1. The Kier molecular flexibility index (Phi) is 5.04. The molecule has 2 saturated heterocycles. The standard InChI is InChI=1S/C21H25F2N3O3/c1-21(16-10-15(22)6-7-17(16)23)19(28)26(20(29)24-21)12-18(27)25-9-8-13-4-2-3-5-14(13)11-25/h6-7,10,13-14H,2-5,8-9,11-12H2,1H3,(H,24,29)/t13-,14+,21+/m0/s1. The number of amides is 4. The molecule has 6 nitrogen and oxygen atoms in total. The van der Waals surface area contributed by atoms with E-state index in [-0.39, 0.29) is 11.5 Å². The van der Waals surface area contributed by atoms with Crippen LogP contribution in [0.2, 0.25) is 0 Å². The topological polar surface area (TPSA) is 69.7 Å². The van der Waals surface area contributed by atoms with Gasteiger partial charge in [0.1, 0.15) is 23.7 Å². The van der Waals surface area contributed by atoms with E-state index in [0.29, 0.717) is 24.9 Å². The zero-order valence-corrected chi connectivity index (χ0v) is 16.4. The summed E-state index contributed by atoms with van der Waals surface area (Å²) in [6.45, 7) is 2.21. The number of urea groups is 1. The van der Waals surface area contributed by atoms with Crippen molar-refractivity contribution < 1.29 is 23.2 Å². The average molecular weight is 405 g/mol. The summed E-state index contributed by atoms with van der Waals surface area (Å²) in [6, 6.07) is 1.98. The monoisotopic (exact) mass is 405 g/mol. The molecule has 0 aromatic heterocycles. The second-order valence-corrected chi connectivity index (χ2v) is 8.50. The molecule has 8 heteroatoms. The van der Waals surface area contributed by atoms with E-state index in [0.717, 1.165) is 35.9 Å². The zero-order chi connectivity index (χ0) is 20.8. The van der Waals surface area contributed by atoms with Crippen LogP contribution in [0.4, 0.5) is 13.6 Å². The molecule has 0 unspecified atom stereocenters. The van der Waals surface area contributed by atoms with Gasteiger partial charge in [0.2, 0.25) is 5.91 Å². The van der Waals surface area contributed by atoms with Crippen molar-refractivity contribution in [2.75, 3.05) is 19.6 Å². The molecule has 1 saturated carbocycles. The van der Waals surface area contributed by atoms with Gasteiger partial charge in [0, 0.05) is 18.7 Å². The lowest BCUT2D eigenvalue weighted by molar-refractivity contribution is -0.140. The summed E-state index contributed by atoms with van der Waals surface area (Å²) in [4.78, 5) is 40.7. The van der Waals surface area contributed by atoms with Crippen molar-refractivity contribution in [1.82, 2.24) is 15.1 Å². The third-order valence-electron chi connectivity index (χ3n) is 6.68. The third-order valence-corrected chi connectivity index (χ3v) is 6.68. The van der Waals surface area contributed by atoms with Crippen molar-refractivity contribution in [3.05, 3.63) is 35.4 Å². The quantitative estimate of drug-likeness (QED) is 0.787. The highest BCUT2D eigenvalue weighted by molar-refractivity contribution is 6.09. The van der Waals surface area contributed by atoms with E-state index in [1.807, 2.05) is 0 Å². The van der Waals surface area contributed by atoms with Gasteiger partial charge in [-0.2, -0.15) is 0 Å². The van der Waals surface area contributed by atoms with E-state index in [9.17, 15) is 23.2 Å². The van der Waals surface area contributed by atoms with Gasteiger partial charge in [0.15, 0.2) is 0 Å². The largest absolute Gasteiger partial charge is 0.341 e. The molecule has 2 heterocycles. The number of nitrogens with one attached hydrogen (secondary N) is 1. The summed E-state index contributed by atoms with van der Waals surface area (Å²) in [5, 5.41) is 2.43. The van der Waals surface area contributed by atoms with Crippen LogP contribution < -0.4 is 5.32 Å². The maximum atomic E-state index is 14.2. The first-order valence-corrected chi connectivity index (χ1v) is 10.2. The van der Waals surface area contributed by atoms with Gasteiger partial charge in [0.05, 0.1) is 0 Å². The fourth-order valence-corrected chi connectivity index (χ4v) is 4.97. The van der Waals surface area contributed by atoms with Crippen LogP contribution in [0.25, 0.3) is 0 Å². The molecule has 156 valence electrons. The average Bonchev–Trinajstić information content (AvgIpc) is 2.93. The predicted octanol–water partition coefficient (Wildman–Crippen LogP) is 2.77. The second-order valence-electron chi connectivity index (χ2n) is 8.50. The van der Waals surface area contributed by atoms with Gasteiger partial charge in [0.25, 0.3) is 5.91 Å². The number of rotatable bonds is 3. The van der Waals surface area contributed by atoms with Gasteiger partial charge in [-0.3, -0.25) is 14.5 Å². The summed E-state index contributed by atoms with van der Waals surface area (Å²) < 4.78 is 27.9. The Morgan fingerprint density at radius 3 is 2.66 bits per heavy atom. The predicted molar refractivity (Wildman–Crippen MR) is 101 cm³/mol. The van der Waals surface area contributed by atoms with Crippen molar-refractivity contribution in [3.8, 4) is 0 Å². The van der Waals surface area contributed by atoms with E-state index < -0.39 is 35.7 Å². The van der Waals surface area contributed by atoms with E-state index >= 15 is 0 Å². The van der Waals surface area contributed by atoms with Crippen LogP contribution in [0.3, 0.4) is 0 Å². The Morgan fingerprint density at radius 1 is 1.17 bits per heavy atom. The van der Waals surface area contributed by atoms with Crippen LogP contribution in [0, 0.1) is 23.5 Å². The zero-order valence-electron chi connectivity index (χ0n) is 16.4. The highest BCUT2D eigenvalue weighted by Gasteiger charge is 2.51. The molecule has 0 spiro atoms. The minimum atomic E-state index is -1.75. The van der Waals surface area contributed by atoms with Gasteiger partial charge in [-0.1, -0.05) is 19.3 Å². The maximum Gasteiger partial charge on any atom is 0.325 e. The molecular weight excluding hydrogens is 380 g/mol. The number of hydrogen-bond acceptors (Lipinski definition) is 3. The molecule has 1 aliphatic carbocycles. The minimum Gasteiger partial charge on any atom is -0.341 e. The first kappa shape index (κ1) is 19.8. The highest BCUT2D eigenvalue weighted by Crippen LogP contribution is 2.36. The summed E-state index contributed by atoms with van der Waals surface area (Å²) in [5.74, 6) is -1.42. The Balaban J connectivity index is 1.48. The Bertz CT molecular complexity index is 862. The number of likely N-dealkylation sites (tertiary alicyclic amines) is 1. The number of carbonyl (C=O) groups excluding carboxylic acids is 3. The van der Waals surface area contributed by atoms with Crippen LogP contribution in [-0.4, -0.2) is 47.3 Å². The Morgan fingerprint density at radius 2 is 1.90 bits per heavy atom. The van der Waals surface area contributed by atoms with Crippen molar-refractivity contribution in [2.45, 2.75) is 44.6 Å². The van der Waals surface area contributed by atoms with E-state index in [2.05, 4.69) is 5.32 Å². The first-order chi connectivity index (χ1) is 13.8. The number of imide groups is 1.